The monoisotopic (exact) mass is 423 g/mol. The maximum Gasteiger partial charge on any atom is 0.322 e. The van der Waals surface area contributed by atoms with Crippen LogP contribution in [0.5, 0.6) is 5.75 Å². The molecule has 0 bridgehead atoms. The molecule has 0 unspecified atom stereocenters. The summed E-state index contributed by atoms with van der Waals surface area (Å²) in [5.41, 5.74) is 4.03. The van der Waals surface area contributed by atoms with Crippen molar-refractivity contribution in [3.8, 4) is 5.75 Å². The Morgan fingerprint density at radius 2 is 1.77 bits per heavy atom. The number of quaternary nitrogens is 1. The number of nitrogens with one attached hydrogen (secondary N) is 3. The second kappa shape index (κ2) is 9.66. The van der Waals surface area contributed by atoms with Gasteiger partial charge >= 0.3 is 6.03 Å². The predicted octanol–water partition coefficient (Wildman–Crippen LogP) is 2.33. The number of ether oxygens (including phenoxy) is 1. The number of rotatable bonds is 7. The summed E-state index contributed by atoms with van der Waals surface area (Å²) in [5.74, 6) is 0.722. The fraction of sp³-hybridized carbons (Fsp3) is 0.333. The van der Waals surface area contributed by atoms with Crippen LogP contribution in [-0.2, 0) is 6.54 Å². The van der Waals surface area contributed by atoms with E-state index >= 15 is 0 Å². The summed E-state index contributed by atoms with van der Waals surface area (Å²) in [7, 11) is 5.67. The number of amides is 2. The first-order valence-corrected chi connectivity index (χ1v) is 10.4. The van der Waals surface area contributed by atoms with E-state index < -0.39 is 0 Å². The molecule has 7 heteroatoms. The van der Waals surface area contributed by atoms with Gasteiger partial charge in [0.05, 0.1) is 46.4 Å². The lowest BCUT2D eigenvalue weighted by molar-refractivity contribution is -0.857. The first-order valence-electron chi connectivity index (χ1n) is 10.4. The van der Waals surface area contributed by atoms with Crippen molar-refractivity contribution in [3.05, 3.63) is 69.5 Å². The maximum absolute atomic E-state index is 13.0. The number of H-pyrrole nitrogens is 1. The number of benzene rings is 2. The number of methoxy groups -OCH3 is 1. The van der Waals surface area contributed by atoms with Crippen LogP contribution >= 0.6 is 0 Å². The molecule has 0 spiro atoms. The molecule has 0 saturated carbocycles. The van der Waals surface area contributed by atoms with Crippen LogP contribution < -0.4 is 20.5 Å². The Balaban J connectivity index is 1.88. The van der Waals surface area contributed by atoms with Crippen molar-refractivity contribution in [1.29, 1.82) is 0 Å². The van der Waals surface area contributed by atoms with Crippen molar-refractivity contribution >= 4 is 22.6 Å². The number of aromatic amines is 1. The van der Waals surface area contributed by atoms with E-state index in [0.29, 0.717) is 17.8 Å². The van der Waals surface area contributed by atoms with Gasteiger partial charge in [-0.05, 0) is 55.3 Å². The Kier molecular flexibility index (Phi) is 6.97. The molecule has 3 rings (SSSR count). The van der Waals surface area contributed by atoms with Crippen molar-refractivity contribution in [2.75, 3.05) is 39.6 Å². The van der Waals surface area contributed by atoms with Crippen molar-refractivity contribution < 1.29 is 14.4 Å². The predicted molar refractivity (Wildman–Crippen MR) is 124 cm³/mol. The number of aromatic nitrogens is 1. The number of carbonyl (C=O) groups excluding carboxylic acids is 1. The number of hydrogen-bond acceptors (Lipinski definition) is 3. The zero-order valence-corrected chi connectivity index (χ0v) is 18.8. The van der Waals surface area contributed by atoms with E-state index in [1.807, 2.05) is 46.1 Å². The molecule has 31 heavy (non-hydrogen) atoms. The Hall–Kier alpha value is -3.32. The van der Waals surface area contributed by atoms with Crippen molar-refractivity contribution in [2.24, 2.45) is 0 Å². The van der Waals surface area contributed by atoms with Crippen LogP contribution in [0, 0.1) is 13.8 Å². The lowest BCUT2D eigenvalue weighted by atomic mass is 10.0. The normalized spacial score (nSPS) is 11.0. The number of likely N-dealkylation sites (N-methyl/N-ethyl adjacent to an activating group) is 1. The molecule has 0 atom stereocenters. The highest BCUT2D eigenvalue weighted by molar-refractivity contribution is 5.89. The number of fused-ring (bicyclic) bond motifs is 1. The van der Waals surface area contributed by atoms with Gasteiger partial charge in [-0.2, -0.15) is 0 Å². The second-order valence-corrected chi connectivity index (χ2v) is 8.15. The summed E-state index contributed by atoms with van der Waals surface area (Å²) in [5, 5.41) is 3.93. The third-order valence-electron chi connectivity index (χ3n) is 5.39. The Morgan fingerprint density at radius 1 is 1.10 bits per heavy atom. The van der Waals surface area contributed by atoms with E-state index in [1.54, 1.807) is 36.3 Å². The van der Waals surface area contributed by atoms with Gasteiger partial charge in [-0.15, -0.1) is 0 Å². The highest BCUT2D eigenvalue weighted by Gasteiger charge is 2.18. The number of anilines is 1. The average Bonchev–Trinajstić information content (AvgIpc) is 2.74. The number of nitrogens with zero attached hydrogens (tertiary/aromatic N) is 1. The van der Waals surface area contributed by atoms with E-state index in [0.717, 1.165) is 34.3 Å². The fourth-order valence-electron chi connectivity index (χ4n) is 3.43. The van der Waals surface area contributed by atoms with Gasteiger partial charge in [0.15, 0.2) is 0 Å². The smallest absolute Gasteiger partial charge is 0.322 e. The number of carbonyl (C=O) groups is 1. The quantitative estimate of drug-likeness (QED) is 0.546. The summed E-state index contributed by atoms with van der Waals surface area (Å²) >= 11 is 0. The summed E-state index contributed by atoms with van der Waals surface area (Å²) in [6.07, 6.45) is 0. The molecule has 0 aliphatic heterocycles. The number of aryl methyl sites for hydroxylation is 2. The third kappa shape index (κ3) is 5.44. The topological polar surface area (TPSA) is 78.9 Å². The molecular formula is C24H31N4O3+. The summed E-state index contributed by atoms with van der Waals surface area (Å²) in [4.78, 5) is 31.7. The highest BCUT2D eigenvalue weighted by atomic mass is 16.5. The maximum atomic E-state index is 13.0. The molecule has 7 nitrogen and oxygen atoms in total. The number of pyridine rings is 1. The molecule has 0 aliphatic rings. The van der Waals surface area contributed by atoms with Crippen LogP contribution in [0.4, 0.5) is 10.5 Å². The Bertz CT molecular complexity index is 1120. The van der Waals surface area contributed by atoms with Gasteiger partial charge in [0, 0.05) is 16.6 Å². The van der Waals surface area contributed by atoms with Crippen LogP contribution in [0.25, 0.3) is 10.9 Å². The molecule has 3 N–H and O–H groups in total. The van der Waals surface area contributed by atoms with E-state index in [1.165, 1.54) is 4.90 Å². The minimum Gasteiger partial charge on any atom is -0.497 e. The van der Waals surface area contributed by atoms with E-state index in [9.17, 15) is 9.59 Å². The molecule has 0 aliphatic carbocycles. The molecule has 0 saturated heterocycles. The molecule has 164 valence electrons. The SMILES string of the molecule is COc1ccc(NC(=O)N(CC[NH+](C)C)Cc2cc3c(C)ccc(C)c3[nH]c2=O)cc1. The van der Waals surface area contributed by atoms with Crippen LogP contribution in [0.3, 0.4) is 0 Å². The van der Waals surface area contributed by atoms with Crippen LogP contribution in [0.1, 0.15) is 16.7 Å². The zero-order valence-electron chi connectivity index (χ0n) is 18.8. The van der Waals surface area contributed by atoms with E-state index in [2.05, 4.69) is 10.3 Å². The third-order valence-corrected chi connectivity index (χ3v) is 5.39. The van der Waals surface area contributed by atoms with Crippen molar-refractivity contribution in [2.45, 2.75) is 20.4 Å². The van der Waals surface area contributed by atoms with Crippen molar-refractivity contribution in [3.63, 3.8) is 0 Å². The summed E-state index contributed by atoms with van der Waals surface area (Å²) in [6, 6.07) is 12.9. The molecule has 0 radical (unpaired) electrons. The number of hydrogen-bond donors (Lipinski definition) is 3. The van der Waals surface area contributed by atoms with Gasteiger partial charge in [-0.1, -0.05) is 12.1 Å². The first kappa shape index (κ1) is 22.4. The minimum absolute atomic E-state index is 0.166. The van der Waals surface area contributed by atoms with E-state index in [4.69, 9.17) is 4.74 Å². The zero-order chi connectivity index (χ0) is 22.5. The molecule has 1 aromatic heterocycles. The molecular weight excluding hydrogens is 392 g/mol. The van der Waals surface area contributed by atoms with E-state index in [-0.39, 0.29) is 18.1 Å². The van der Waals surface area contributed by atoms with Gasteiger partial charge in [0.1, 0.15) is 5.75 Å². The van der Waals surface area contributed by atoms with Crippen LogP contribution in [-0.4, -0.2) is 50.2 Å². The van der Waals surface area contributed by atoms with Crippen LogP contribution in [0.2, 0.25) is 0 Å². The molecule has 1 heterocycles. The lowest BCUT2D eigenvalue weighted by Gasteiger charge is -2.24. The van der Waals surface area contributed by atoms with Gasteiger partial charge in [-0.25, -0.2) is 4.79 Å². The molecule has 3 aromatic rings. The standard InChI is InChI=1S/C24H30N4O3/c1-16-6-7-17(2)22-21(16)14-18(23(29)26-22)15-28(13-12-27(3)4)24(30)25-19-8-10-20(31-5)11-9-19/h6-11,14H,12-13,15H2,1-5H3,(H,25,30)(H,26,29)/p+1. The van der Waals surface area contributed by atoms with Gasteiger partial charge in [0.2, 0.25) is 0 Å². The number of urea groups is 1. The molecule has 2 amide bonds. The second-order valence-electron chi connectivity index (χ2n) is 8.15. The van der Waals surface area contributed by atoms with Gasteiger partial charge in [-0.3, -0.25) is 4.79 Å². The summed E-state index contributed by atoms with van der Waals surface area (Å²) < 4.78 is 5.17. The van der Waals surface area contributed by atoms with Gasteiger partial charge in [0.25, 0.3) is 5.56 Å². The average molecular weight is 424 g/mol. The van der Waals surface area contributed by atoms with Gasteiger partial charge < -0.3 is 24.8 Å². The lowest BCUT2D eigenvalue weighted by Crippen LogP contribution is -3.06. The Morgan fingerprint density at radius 3 is 2.42 bits per heavy atom. The van der Waals surface area contributed by atoms with Crippen LogP contribution in [0.15, 0.2) is 47.3 Å². The fourth-order valence-corrected chi connectivity index (χ4v) is 3.43. The molecule has 2 aromatic carbocycles. The van der Waals surface area contributed by atoms with Crippen molar-refractivity contribution in [1.82, 2.24) is 9.88 Å². The molecule has 0 fully saturated rings. The summed E-state index contributed by atoms with van der Waals surface area (Å²) in [6.45, 7) is 5.52. The largest absolute Gasteiger partial charge is 0.497 e. The highest BCUT2D eigenvalue weighted by Crippen LogP contribution is 2.20. The first-order chi connectivity index (χ1) is 14.8. The minimum atomic E-state index is -0.244. The Labute approximate surface area is 182 Å².